The summed E-state index contributed by atoms with van der Waals surface area (Å²) < 4.78 is 35.8. The first kappa shape index (κ1) is 18.4. The molecule has 0 saturated carbocycles. The number of aromatic nitrogens is 1. The van der Waals surface area contributed by atoms with Crippen LogP contribution in [0.1, 0.15) is 5.56 Å². The second-order valence-corrected chi connectivity index (χ2v) is 6.96. The van der Waals surface area contributed by atoms with Crippen molar-refractivity contribution in [3.05, 3.63) is 79.7 Å². The molecule has 4 nitrogen and oxygen atoms in total. The normalized spacial score (nSPS) is 10.7. The van der Waals surface area contributed by atoms with Gasteiger partial charge >= 0.3 is 0 Å². The van der Waals surface area contributed by atoms with Gasteiger partial charge in [-0.2, -0.15) is 0 Å². The van der Waals surface area contributed by atoms with Gasteiger partial charge in [0.15, 0.2) is 11.6 Å². The van der Waals surface area contributed by atoms with E-state index in [0.717, 1.165) is 3.57 Å². The van der Waals surface area contributed by atoms with Crippen LogP contribution in [0.3, 0.4) is 0 Å². The predicted molar refractivity (Wildman–Crippen MR) is 105 cm³/mol. The molecule has 0 atom stereocenters. The zero-order valence-corrected chi connectivity index (χ0v) is 16.2. The quantitative estimate of drug-likeness (QED) is 0.542. The highest BCUT2D eigenvalue weighted by molar-refractivity contribution is 14.1. The summed E-state index contributed by atoms with van der Waals surface area (Å²) in [5.74, 6) is -0.442. The molecule has 0 bridgehead atoms. The lowest BCUT2D eigenvalue weighted by Gasteiger charge is -2.14. The molecule has 0 aliphatic rings. The number of rotatable bonds is 4. The Hall–Kier alpha value is -2.42. The zero-order valence-electron chi connectivity index (χ0n) is 14.0. The van der Waals surface area contributed by atoms with Crippen molar-refractivity contribution in [1.82, 2.24) is 4.57 Å². The lowest BCUT2D eigenvalue weighted by Crippen LogP contribution is -2.18. The molecule has 0 saturated heterocycles. The van der Waals surface area contributed by atoms with Gasteiger partial charge in [-0.3, -0.25) is 9.36 Å². The van der Waals surface area contributed by atoms with E-state index in [0.29, 0.717) is 11.4 Å². The molecule has 2 aromatic carbocycles. The van der Waals surface area contributed by atoms with Gasteiger partial charge in [-0.15, -0.1) is 0 Å². The molecule has 134 valence electrons. The van der Waals surface area contributed by atoms with Crippen LogP contribution in [0.25, 0.3) is 0 Å². The molecular formula is C19H15F2IN2O2. The number of anilines is 2. The predicted octanol–water partition coefficient (Wildman–Crippen LogP) is 5.11. The fraction of sp³-hybridized carbons (Fsp3) is 0.105. The molecule has 3 rings (SSSR count). The van der Waals surface area contributed by atoms with E-state index in [4.69, 9.17) is 4.74 Å². The van der Waals surface area contributed by atoms with Gasteiger partial charge in [0.05, 0.1) is 5.69 Å². The third-order valence-electron chi connectivity index (χ3n) is 3.81. The number of ether oxygens (including phenoxy) is 1. The van der Waals surface area contributed by atoms with Crippen molar-refractivity contribution in [3.63, 3.8) is 0 Å². The summed E-state index contributed by atoms with van der Waals surface area (Å²) in [6.45, 7) is 1.62. The van der Waals surface area contributed by atoms with Crippen molar-refractivity contribution < 1.29 is 13.5 Å². The Morgan fingerprint density at radius 2 is 1.88 bits per heavy atom. The maximum absolute atomic E-state index is 14.1. The SMILES string of the molecule is Cc1cccc(Oc2cc(Nc3ccc(I)cc3F)n(C)c(=O)c2)c1F. The van der Waals surface area contributed by atoms with E-state index in [1.807, 2.05) is 22.6 Å². The molecule has 1 aromatic heterocycles. The molecule has 0 spiro atoms. The van der Waals surface area contributed by atoms with E-state index >= 15 is 0 Å². The minimum Gasteiger partial charge on any atom is -0.454 e. The van der Waals surface area contributed by atoms with Gasteiger partial charge in [0.25, 0.3) is 5.56 Å². The topological polar surface area (TPSA) is 43.3 Å². The minimum absolute atomic E-state index is 0.0182. The van der Waals surface area contributed by atoms with E-state index in [1.165, 1.54) is 28.8 Å². The number of nitrogens with one attached hydrogen (secondary N) is 1. The average molecular weight is 468 g/mol. The fourth-order valence-electron chi connectivity index (χ4n) is 2.34. The molecular weight excluding hydrogens is 453 g/mol. The first-order valence-electron chi connectivity index (χ1n) is 7.71. The first-order chi connectivity index (χ1) is 12.3. The second kappa shape index (κ2) is 7.45. The Labute approximate surface area is 162 Å². The monoisotopic (exact) mass is 468 g/mol. The van der Waals surface area contributed by atoms with Crippen LogP contribution in [0, 0.1) is 22.1 Å². The third kappa shape index (κ3) is 3.87. The Morgan fingerprint density at radius 1 is 1.12 bits per heavy atom. The maximum atomic E-state index is 14.1. The third-order valence-corrected chi connectivity index (χ3v) is 4.49. The molecule has 0 aliphatic heterocycles. The fourth-order valence-corrected chi connectivity index (χ4v) is 2.80. The first-order valence-corrected chi connectivity index (χ1v) is 8.79. The van der Waals surface area contributed by atoms with Crippen LogP contribution in [0.5, 0.6) is 11.5 Å². The molecule has 0 aliphatic carbocycles. The number of pyridine rings is 1. The van der Waals surface area contributed by atoms with Gasteiger partial charge in [-0.05, 0) is 59.3 Å². The van der Waals surface area contributed by atoms with E-state index in [-0.39, 0.29) is 22.7 Å². The van der Waals surface area contributed by atoms with Crippen LogP contribution in [0.4, 0.5) is 20.3 Å². The van der Waals surface area contributed by atoms with Crippen LogP contribution in [0.2, 0.25) is 0 Å². The van der Waals surface area contributed by atoms with Crippen molar-refractivity contribution in [2.24, 2.45) is 7.05 Å². The van der Waals surface area contributed by atoms with Gasteiger partial charge in [0.2, 0.25) is 0 Å². The summed E-state index contributed by atoms with van der Waals surface area (Å²) in [7, 11) is 1.55. The van der Waals surface area contributed by atoms with Gasteiger partial charge in [-0.1, -0.05) is 12.1 Å². The highest BCUT2D eigenvalue weighted by atomic mass is 127. The molecule has 3 aromatic rings. The largest absolute Gasteiger partial charge is 0.454 e. The van der Waals surface area contributed by atoms with Crippen molar-refractivity contribution in [2.45, 2.75) is 6.92 Å². The van der Waals surface area contributed by atoms with Crippen LogP contribution < -0.4 is 15.6 Å². The van der Waals surface area contributed by atoms with E-state index < -0.39 is 11.6 Å². The molecule has 0 amide bonds. The molecule has 0 radical (unpaired) electrons. The Balaban J connectivity index is 1.97. The lowest BCUT2D eigenvalue weighted by atomic mass is 10.2. The van der Waals surface area contributed by atoms with Gasteiger partial charge < -0.3 is 10.1 Å². The zero-order chi connectivity index (χ0) is 18.8. The highest BCUT2D eigenvalue weighted by Crippen LogP contribution is 2.28. The van der Waals surface area contributed by atoms with Gasteiger partial charge in [0.1, 0.15) is 17.4 Å². The van der Waals surface area contributed by atoms with Crippen LogP contribution in [0.15, 0.2) is 53.3 Å². The number of hydrogen-bond acceptors (Lipinski definition) is 3. The summed E-state index contributed by atoms with van der Waals surface area (Å²) in [6.07, 6.45) is 0. The number of aryl methyl sites for hydroxylation is 1. The van der Waals surface area contributed by atoms with E-state index in [9.17, 15) is 13.6 Å². The van der Waals surface area contributed by atoms with Crippen LogP contribution >= 0.6 is 22.6 Å². The Morgan fingerprint density at radius 3 is 2.62 bits per heavy atom. The van der Waals surface area contributed by atoms with Crippen molar-refractivity contribution >= 4 is 34.1 Å². The van der Waals surface area contributed by atoms with Gasteiger partial charge in [-0.25, -0.2) is 8.78 Å². The van der Waals surface area contributed by atoms with Gasteiger partial charge in [0, 0.05) is 22.8 Å². The Bertz CT molecular complexity index is 1030. The van der Waals surface area contributed by atoms with Crippen molar-refractivity contribution in [3.8, 4) is 11.5 Å². The number of halogens is 3. The molecule has 0 unspecified atom stereocenters. The minimum atomic E-state index is -0.494. The summed E-state index contributed by atoms with van der Waals surface area (Å²) in [5, 5.41) is 2.87. The van der Waals surface area contributed by atoms with E-state index in [1.54, 1.807) is 38.2 Å². The van der Waals surface area contributed by atoms with Crippen molar-refractivity contribution in [1.29, 1.82) is 0 Å². The maximum Gasteiger partial charge on any atom is 0.255 e. The molecule has 0 fully saturated rings. The molecule has 1 N–H and O–H groups in total. The Kier molecular flexibility index (Phi) is 5.26. The second-order valence-electron chi connectivity index (χ2n) is 5.71. The highest BCUT2D eigenvalue weighted by Gasteiger charge is 2.11. The lowest BCUT2D eigenvalue weighted by molar-refractivity contribution is 0.438. The number of benzene rings is 2. The molecule has 26 heavy (non-hydrogen) atoms. The number of hydrogen-bond donors (Lipinski definition) is 1. The summed E-state index contributed by atoms with van der Waals surface area (Å²) in [5.41, 5.74) is 0.286. The van der Waals surface area contributed by atoms with E-state index in [2.05, 4.69) is 5.32 Å². The molecule has 7 heteroatoms. The number of nitrogens with zero attached hydrogens (tertiary/aromatic N) is 1. The van der Waals surface area contributed by atoms with Crippen LogP contribution in [-0.2, 0) is 7.05 Å². The van der Waals surface area contributed by atoms with Crippen LogP contribution in [-0.4, -0.2) is 4.57 Å². The van der Waals surface area contributed by atoms with Crippen molar-refractivity contribution in [2.75, 3.05) is 5.32 Å². The standard InChI is InChI=1S/C19H15F2IN2O2/c1-11-4-3-5-16(19(11)21)26-13-9-17(24(2)18(25)10-13)23-15-7-6-12(22)8-14(15)20/h3-10,23H,1-2H3. The summed E-state index contributed by atoms with van der Waals surface area (Å²) in [6, 6.07) is 12.2. The summed E-state index contributed by atoms with van der Waals surface area (Å²) >= 11 is 2.01. The molecule has 1 heterocycles. The summed E-state index contributed by atoms with van der Waals surface area (Å²) in [4.78, 5) is 12.2. The smallest absolute Gasteiger partial charge is 0.255 e. The average Bonchev–Trinajstić information content (AvgIpc) is 2.58.